The predicted molar refractivity (Wildman–Crippen MR) is 73.0 cm³/mol. The topological polar surface area (TPSA) is 61.8 Å². The van der Waals surface area contributed by atoms with Gasteiger partial charge in [0, 0.05) is 10.2 Å². The average Bonchev–Trinajstić information content (AvgIpc) is 2.34. The number of nitriles is 1. The van der Waals surface area contributed by atoms with Gasteiger partial charge >= 0.3 is 0 Å². The summed E-state index contributed by atoms with van der Waals surface area (Å²) >= 11 is 3.38. The van der Waals surface area contributed by atoms with E-state index < -0.39 is 0 Å². The highest BCUT2D eigenvalue weighted by atomic mass is 79.9. The molecule has 0 aliphatic rings. The zero-order valence-electron chi connectivity index (χ0n) is 8.94. The summed E-state index contributed by atoms with van der Waals surface area (Å²) in [6.07, 6.45) is 0. The van der Waals surface area contributed by atoms with E-state index in [9.17, 15) is 0 Å². The highest BCUT2D eigenvalue weighted by Crippen LogP contribution is 2.24. The molecule has 0 saturated heterocycles. The van der Waals surface area contributed by atoms with Gasteiger partial charge in [0.1, 0.15) is 0 Å². The van der Waals surface area contributed by atoms with Crippen LogP contribution in [0.1, 0.15) is 5.56 Å². The first-order valence-corrected chi connectivity index (χ1v) is 5.80. The molecule has 0 spiro atoms. The second-order valence-electron chi connectivity index (χ2n) is 3.55. The predicted octanol–water partition coefficient (Wildman–Crippen LogP) is 3.65. The van der Waals surface area contributed by atoms with E-state index in [4.69, 9.17) is 11.0 Å². The van der Waals surface area contributed by atoms with E-state index in [-0.39, 0.29) is 0 Å². The van der Waals surface area contributed by atoms with Crippen molar-refractivity contribution in [1.82, 2.24) is 0 Å². The van der Waals surface area contributed by atoms with Crippen LogP contribution in [0.2, 0.25) is 0 Å². The summed E-state index contributed by atoms with van der Waals surface area (Å²) in [6, 6.07) is 15.0. The van der Waals surface area contributed by atoms with Crippen LogP contribution in [0, 0.1) is 11.3 Å². The molecule has 3 nitrogen and oxygen atoms in total. The Morgan fingerprint density at radius 2 is 1.82 bits per heavy atom. The van der Waals surface area contributed by atoms with Crippen molar-refractivity contribution < 1.29 is 0 Å². The summed E-state index contributed by atoms with van der Waals surface area (Å²) in [5, 5.41) is 11.9. The van der Waals surface area contributed by atoms with Gasteiger partial charge in [-0.2, -0.15) is 5.26 Å². The number of rotatable bonds is 2. The van der Waals surface area contributed by atoms with Crippen molar-refractivity contribution in [2.45, 2.75) is 0 Å². The van der Waals surface area contributed by atoms with Gasteiger partial charge in [-0.25, -0.2) is 0 Å². The first kappa shape index (κ1) is 11.5. The van der Waals surface area contributed by atoms with Crippen LogP contribution in [0.25, 0.3) is 0 Å². The highest BCUT2D eigenvalue weighted by molar-refractivity contribution is 9.10. The number of nitrogens with one attached hydrogen (secondary N) is 1. The Balaban J connectivity index is 2.25. The number of nitrogen functional groups attached to an aromatic ring is 1. The van der Waals surface area contributed by atoms with E-state index in [1.54, 1.807) is 18.2 Å². The minimum atomic E-state index is 0.559. The maximum atomic E-state index is 8.74. The van der Waals surface area contributed by atoms with Gasteiger partial charge in [0.15, 0.2) is 0 Å². The van der Waals surface area contributed by atoms with Gasteiger partial charge in [0.2, 0.25) is 0 Å². The quantitative estimate of drug-likeness (QED) is 0.829. The van der Waals surface area contributed by atoms with Crippen LogP contribution < -0.4 is 11.1 Å². The molecule has 0 heterocycles. The standard InChI is InChI=1S/C13H10BrN3/c14-10-2-4-11(5-3-10)17-13-6-1-9(8-15)7-12(13)16/h1-7,17H,16H2. The fourth-order valence-electron chi connectivity index (χ4n) is 1.43. The Kier molecular flexibility index (Phi) is 3.31. The second-order valence-corrected chi connectivity index (χ2v) is 4.46. The summed E-state index contributed by atoms with van der Waals surface area (Å²) in [5.41, 5.74) is 8.72. The number of benzene rings is 2. The molecule has 0 aromatic heterocycles. The zero-order valence-corrected chi connectivity index (χ0v) is 10.5. The van der Waals surface area contributed by atoms with Gasteiger partial charge in [0.05, 0.1) is 23.0 Å². The normalized spacial score (nSPS) is 9.65. The first-order valence-electron chi connectivity index (χ1n) is 5.01. The van der Waals surface area contributed by atoms with Crippen LogP contribution in [0.3, 0.4) is 0 Å². The Morgan fingerprint density at radius 1 is 1.12 bits per heavy atom. The number of nitrogens with two attached hydrogens (primary N) is 1. The summed E-state index contributed by atoms with van der Waals surface area (Å²) in [6.45, 7) is 0. The molecule has 0 aliphatic carbocycles. The lowest BCUT2D eigenvalue weighted by Gasteiger charge is -2.09. The van der Waals surface area contributed by atoms with Crippen LogP contribution in [0.5, 0.6) is 0 Å². The molecule has 0 aliphatic heterocycles. The smallest absolute Gasteiger partial charge is 0.0992 e. The zero-order chi connectivity index (χ0) is 12.3. The molecule has 0 atom stereocenters. The lowest BCUT2D eigenvalue weighted by molar-refractivity contribution is 1.47. The number of nitrogens with zero attached hydrogens (tertiary/aromatic N) is 1. The largest absolute Gasteiger partial charge is 0.397 e. The van der Waals surface area contributed by atoms with Crippen molar-refractivity contribution in [2.75, 3.05) is 11.1 Å². The van der Waals surface area contributed by atoms with Crippen LogP contribution in [-0.2, 0) is 0 Å². The molecule has 2 aromatic carbocycles. The fourth-order valence-corrected chi connectivity index (χ4v) is 1.70. The Labute approximate surface area is 108 Å². The maximum absolute atomic E-state index is 8.74. The van der Waals surface area contributed by atoms with Crippen LogP contribution in [0.15, 0.2) is 46.9 Å². The van der Waals surface area contributed by atoms with E-state index in [2.05, 4.69) is 27.3 Å². The minimum absolute atomic E-state index is 0.559. The molecule has 2 rings (SSSR count). The molecule has 3 N–H and O–H groups in total. The third-order valence-electron chi connectivity index (χ3n) is 2.30. The lowest BCUT2D eigenvalue weighted by Crippen LogP contribution is -1.96. The van der Waals surface area contributed by atoms with Gasteiger partial charge < -0.3 is 11.1 Å². The van der Waals surface area contributed by atoms with E-state index in [1.807, 2.05) is 24.3 Å². The van der Waals surface area contributed by atoms with Crippen molar-refractivity contribution in [3.8, 4) is 6.07 Å². The third kappa shape index (κ3) is 2.77. The van der Waals surface area contributed by atoms with Gasteiger partial charge in [-0.1, -0.05) is 15.9 Å². The van der Waals surface area contributed by atoms with E-state index in [1.165, 1.54) is 0 Å². The van der Waals surface area contributed by atoms with Crippen molar-refractivity contribution >= 4 is 33.0 Å². The first-order chi connectivity index (χ1) is 8.19. The molecular weight excluding hydrogens is 278 g/mol. The van der Waals surface area contributed by atoms with Crippen molar-refractivity contribution in [3.05, 3.63) is 52.5 Å². The molecule has 0 bridgehead atoms. The van der Waals surface area contributed by atoms with E-state index in [0.29, 0.717) is 11.3 Å². The van der Waals surface area contributed by atoms with E-state index >= 15 is 0 Å². The van der Waals surface area contributed by atoms with Crippen LogP contribution >= 0.6 is 15.9 Å². The van der Waals surface area contributed by atoms with Crippen LogP contribution in [0.4, 0.5) is 17.1 Å². The molecule has 2 aromatic rings. The van der Waals surface area contributed by atoms with Crippen molar-refractivity contribution in [3.63, 3.8) is 0 Å². The molecule has 0 saturated carbocycles. The van der Waals surface area contributed by atoms with E-state index in [0.717, 1.165) is 15.8 Å². The van der Waals surface area contributed by atoms with Crippen molar-refractivity contribution in [1.29, 1.82) is 5.26 Å². The molecular formula is C13H10BrN3. The Hall–Kier alpha value is -1.99. The maximum Gasteiger partial charge on any atom is 0.0992 e. The van der Waals surface area contributed by atoms with Crippen LogP contribution in [-0.4, -0.2) is 0 Å². The molecule has 0 radical (unpaired) electrons. The highest BCUT2D eigenvalue weighted by Gasteiger charge is 2.01. The fraction of sp³-hybridized carbons (Fsp3) is 0. The molecule has 84 valence electrons. The number of anilines is 3. The molecule has 17 heavy (non-hydrogen) atoms. The number of hydrogen-bond acceptors (Lipinski definition) is 3. The number of halogens is 1. The number of hydrogen-bond donors (Lipinski definition) is 2. The van der Waals surface area contributed by atoms with Gasteiger partial charge in [0.25, 0.3) is 0 Å². The average molecular weight is 288 g/mol. The SMILES string of the molecule is N#Cc1ccc(Nc2ccc(Br)cc2)c(N)c1. The molecule has 4 heteroatoms. The van der Waals surface area contributed by atoms with Crippen molar-refractivity contribution in [2.24, 2.45) is 0 Å². The van der Waals surface area contributed by atoms with Gasteiger partial charge in [-0.3, -0.25) is 0 Å². The summed E-state index contributed by atoms with van der Waals surface area (Å²) in [7, 11) is 0. The lowest BCUT2D eigenvalue weighted by atomic mass is 10.2. The second kappa shape index (κ2) is 4.89. The summed E-state index contributed by atoms with van der Waals surface area (Å²) in [4.78, 5) is 0. The minimum Gasteiger partial charge on any atom is -0.397 e. The third-order valence-corrected chi connectivity index (χ3v) is 2.83. The molecule has 0 amide bonds. The van der Waals surface area contributed by atoms with Gasteiger partial charge in [-0.05, 0) is 42.5 Å². The molecule has 0 unspecified atom stereocenters. The monoisotopic (exact) mass is 287 g/mol. The Morgan fingerprint density at radius 3 is 2.41 bits per heavy atom. The molecule has 0 fully saturated rings. The summed E-state index contributed by atoms with van der Waals surface area (Å²) in [5.74, 6) is 0. The van der Waals surface area contributed by atoms with Gasteiger partial charge in [-0.15, -0.1) is 0 Å². The Bertz CT molecular complexity index is 570. The summed E-state index contributed by atoms with van der Waals surface area (Å²) < 4.78 is 1.02.